The number of nitrogens with zero attached hydrogens (tertiary/aromatic N) is 2. The van der Waals surface area contributed by atoms with Crippen LogP contribution in [-0.4, -0.2) is 48.2 Å². The normalized spacial score (nSPS) is 16.5. The number of nitrogens with one attached hydrogen (secondary N) is 2. The fourth-order valence-corrected chi connectivity index (χ4v) is 3.40. The maximum absolute atomic E-state index is 12.6. The lowest BCUT2D eigenvalue weighted by Gasteiger charge is -2.17. The van der Waals surface area contributed by atoms with Crippen molar-refractivity contribution in [3.63, 3.8) is 0 Å². The van der Waals surface area contributed by atoms with Crippen molar-refractivity contribution in [1.82, 2.24) is 14.9 Å². The largest absolute Gasteiger partial charge is 0.497 e. The summed E-state index contributed by atoms with van der Waals surface area (Å²) < 4.78 is 10.5. The number of aromatic nitrogens is 2. The minimum absolute atomic E-state index is 0.108. The summed E-state index contributed by atoms with van der Waals surface area (Å²) in [6, 6.07) is 13.0. The number of methoxy groups -OCH3 is 2. The molecule has 2 aromatic carbocycles. The summed E-state index contributed by atoms with van der Waals surface area (Å²) in [5, 5.41) is 2.93. The highest BCUT2D eigenvalue weighted by Crippen LogP contribution is 2.28. The van der Waals surface area contributed by atoms with Gasteiger partial charge in [0.05, 0.1) is 25.3 Å². The van der Waals surface area contributed by atoms with Gasteiger partial charge in [0, 0.05) is 36.8 Å². The number of fused-ring (bicyclic) bond motifs is 1. The Morgan fingerprint density at radius 1 is 1.19 bits per heavy atom. The van der Waals surface area contributed by atoms with Crippen molar-refractivity contribution in [2.75, 3.05) is 32.6 Å². The smallest absolute Gasteiger partial charge is 0.321 e. The van der Waals surface area contributed by atoms with E-state index in [1.54, 1.807) is 20.3 Å². The van der Waals surface area contributed by atoms with Crippen molar-refractivity contribution in [1.29, 1.82) is 0 Å². The molecule has 27 heavy (non-hydrogen) atoms. The molecule has 7 heteroatoms. The number of rotatable bonds is 4. The van der Waals surface area contributed by atoms with Crippen molar-refractivity contribution in [3.05, 3.63) is 48.3 Å². The average molecular weight is 366 g/mol. The van der Waals surface area contributed by atoms with Gasteiger partial charge >= 0.3 is 6.03 Å². The quantitative estimate of drug-likeness (QED) is 0.739. The van der Waals surface area contributed by atoms with Gasteiger partial charge in [-0.1, -0.05) is 6.07 Å². The van der Waals surface area contributed by atoms with Crippen LogP contribution in [0.2, 0.25) is 0 Å². The van der Waals surface area contributed by atoms with E-state index >= 15 is 0 Å². The molecule has 1 aliphatic heterocycles. The Morgan fingerprint density at radius 2 is 2.00 bits per heavy atom. The zero-order valence-electron chi connectivity index (χ0n) is 15.4. The molecular formula is C20H22N4O3. The number of carbonyl (C=O) groups is 1. The summed E-state index contributed by atoms with van der Waals surface area (Å²) in [6.07, 6.45) is 0.877. The third-order valence-electron chi connectivity index (χ3n) is 4.89. The molecule has 0 spiro atoms. The SMILES string of the molecule is COc1cccc(NC(=O)N2CC[C@H](c3nc4ccc(OC)cc4[nH]3)C2)c1. The molecule has 1 saturated heterocycles. The molecule has 1 fully saturated rings. The predicted octanol–water partition coefficient (Wildman–Crippen LogP) is 3.60. The summed E-state index contributed by atoms with van der Waals surface area (Å²) in [5.74, 6) is 2.61. The first-order valence-electron chi connectivity index (χ1n) is 8.90. The molecule has 140 valence electrons. The Kier molecular flexibility index (Phi) is 4.58. The monoisotopic (exact) mass is 366 g/mol. The van der Waals surface area contributed by atoms with Gasteiger partial charge in [-0.05, 0) is 30.7 Å². The molecular weight excluding hydrogens is 344 g/mol. The summed E-state index contributed by atoms with van der Waals surface area (Å²) in [6.45, 7) is 1.33. The molecule has 4 rings (SSSR count). The Labute approximate surface area is 157 Å². The van der Waals surface area contributed by atoms with E-state index in [2.05, 4.69) is 15.3 Å². The van der Waals surface area contributed by atoms with Gasteiger partial charge in [-0.15, -0.1) is 0 Å². The predicted molar refractivity (Wildman–Crippen MR) is 104 cm³/mol. The number of likely N-dealkylation sites (tertiary alicyclic amines) is 1. The van der Waals surface area contributed by atoms with Crippen LogP contribution in [0.4, 0.5) is 10.5 Å². The molecule has 1 aliphatic rings. The summed E-state index contributed by atoms with van der Waals surface area (Å²) in [4.78, 5) is 22.4. The van der Waals surface area contributed by atoms with Gasteiger partial charge in [-0.25, -0.2) is 9.78 Å². The highest BCUT2D eigenvalue weighted by atomic mass is 16.5. The number of H-pyrrole nitrogens is 1. The molecule has 2 heterocycles. The number of aromatic amines is 1. The Morgan fingerprint density at radius 3 is 2.81 bits per heavy atom. The van der Waals surface area contributed by atoms with E-state index < -0.39 is 0 Å². The second kappa shape index (κ2) is 7.19. The summed E-state index contributed by atoms with van der Waals surface area (Å²) in [5.41, 5.74) is 2.58. The average Bonchev–Trinajstić information content (AvgIpc) is 3.34. The van der Waals surface area contributed by atoms with Crippen LogP contribution in [0.3, 0.4) is 0 Å². The van der Waals surface area contributed by atoms with E-state index in [1.807, 2.05) is 41.3 Å². The molecule has 3 aromatic rings. The first-order chi connectivity index (χ1) is 13.2. The molecule has 0 saturated carbocycles. The third-order valence-corrected chi connectivity index (χ3v) is 4.89. The molecule has 2 N–H and O–H groups in total. The standard InChI is InChI=1S/C20H22N4O3/c1-26-15-5-3-4-14(10-15)21-20(25)24-9-8-13(12-24)19-22-17-7-6-16(27-2)11-18(17)23-19/h3-7,10-11,13H,8-9,12H2,1-2H3,(H,21,25)(H,22,23)/t13-/m0/s1. The number of imidazole rings is 1. The van der Waals surface area contributed by atoms with Crippen LogP contribution >= 0.6 is 0 Å². The van der Waals surface area contributed by atoms with Crippen LogP contribution in [0.25, 0.3) is 11.0 Å². The lowest BCUT2D eigenvalue weighted by Crippen LogP contribution is -2.32. The van der Waals surface area contributed by atoms with E-state index in [4.69, 9.17) is 9.47 Å². The first-order valence-corrected chi connectivity index (χ1v) is 8.90. The highest BCUT2D eigenvalue weighted by Gasteiger charge is 2.29. The Bertz CT molecular complexity index is 969. The van der Waals surface area contributed by atoms with E-state index in [0.29, 0.717) is 18.8 Å². The fraction of sp³-hybridized carbons (Fsp3) is 0.300. The lowest BCUT2D eigenvalue weighted by molar-refractivity contribution is 0.222. The first kappa shape index (κ1) is 17.2. The van der Waals surface area contributed by atoms with E-state index in [1.165, 1.54) is 0 Å². The number of carbonyl (C=O) groups excluding carboxylic acids is 1. The van der Waals surface area contributed by atoms with Gasteiger partial charge in [0.25, 0.3) is 0 Å². The zero-order chi connectivity index (χ0) is 18.8. The van der Waals surface area contributed by atoms with Crippen molar-refractivity contribution in [2.45, 2.75) is 12.3 Å². The van der Waals surface area contributed by atoms with E-state index in [0.717, 1.165) is 34.7 Å². The number of urea groups is 1. The molecule has 7 nitrogen and oxygen atoms in total. The van der Waals surface area contributed by atoms with Gasteiger partial charge in [0.15, 0.2) is 0 Å². The number of amides is 2. The second-order valence-electron chi connectivity index (χ2n) is 6.60. The number of ether oxygens (including phenoxy) is 2. The molecule has 2 amide bonds. The minimum Gasteiger partial charge on any atom is -0.497 e. The van der Waals surface area contributed by atoms with Gasteiger partial charge in [-0.2, -0.15) is 0 Å². The Balaban J connectivity index is 1.44. The zero-order valence-corrected chi connectivity index (χ0v) is 15.4. The fourth-order valence-electron chi connectivity index (χ4n) is 3.40. The number of benzene rings is 2. The van der Waals surface area contributed by atoms with E-state index in [9.17, 15) is 4.79 Å². The second-order valence-corrected chi connectivity index (χ2v) is 6.60. The molecule has 1 aromatic heterocycles. The molecule has 1 atom stereocenters. The van der Waals surface area contributed by atoms with Crippen LogP contribution in [-0.2, 0) is 0 Å². The van der Waals surface area contributed by atoms with Crippen LogP contribution in [0, 0.1) is 0 Å². The lowest BCUT2D eigenvalue weighted by atomic mass is 10.1. The van der Waals surface area contributed by atoms with Crippen molar-refractivity contribution in [2.24, 2.45) is 0 Å². The van der Waals surface area contributed by atoms with Crippen molar-refractivity contribution < 1.29 is 14.3 Å². The maximum atomic E-state index is 12.6. The van der Waals surface area contributed by atoms with Gasteiger partial charge in [-0.3, -0.25) is 0 Å². The Hall–Kier alpha value is -3.22. The van der Waals surface area contributed by atoms with Crippen LogP contribution in [0.5, 0.6) is 11.5 Å². The third kappa shape index (κ3) is 3.53. The highest BCUT2D eigenvalue weighted by molar-refractivity contribution is 5.89. The summed E-state index contributed by atoms with van der Waals surface area (Å²) in [7, 11) is 3.25. The van der Waals surface area contributed by atoms with Crippen LogP contribution in [0.15, 0.2) is 42.5 Å². The molecule has 0 unspecified atom stereocenters. The van der Waals surface area contributed by atoms with E-state index in [-0.39, 0.29) is 11.9 Å². The minimum atomic E-state index is -0.108. The topological polar surface area (TPSA) is 79.5 Å². The number of anilines is 1. The van der Waals surface area contributed by atoms with Crippen molar-refractivity contribution >= 4 is 22.8 Å². The van der Waals surface area contributed by atoms with Crippen LogP contribution < -0.4 is 14.8 Å². The van der Waals surface area contributed by atoms with Gasteiger partial charge in [0.2, 0.25) is 0 Å². The molecule has 0 bridgehead atoms. The molecule has 0 radical (unpaired) electrons. The molecule has 0 aliphatic carbocycles. The summed E-state index contributed by atoms with van der Waals surface area (Å²) >= 11 is 0. The van der Waals surface area contributed by atoms with Gasteiger partial charge in [0.1, 0.15) is 17.3 Å². The van der Waals surface area contributed by atoms with Crippen LogP contribution in [0.1, 0.15) is 18.2 Å². The van der Waals surface area contributed by atoms with Gasteiger partial charge < -0.3 is 24.7 Å². The number of hydrogen-bond acceptors (Lipinski definition) is 4. The maximum Gasteiger partial charge on any atom is 0.321 e. The number of hydrogen-bond donors (Lipinski definition) is 2. The van der Waals surface area contributed by atoms with Crippen molar-refractivity contribution in [3.8, 4) is 11.5 Å².